The third-order valence-electron chi connectivity index (χ3n) is 3.17. The molecule has 0 saturated heterocycles. The van der Waals surface area contributed by atoms with E-state index in [-0.39, 0.29) is 0 Å². The minimum absolute atomic E-state index is 0.758. The number of nitrogens with zero attached hydrogens (tertiary/aromatic N) is 3. The predicted octanol–water partition coefficient (Wildman–Crippen LogP) is 2.88. The fraction of sp³-hybridized carbons (Fsp3) is 0.125. The van der Waals surface area contributed by atoms with E-state index < -0.39 is 0 Å². The zero-order chi connectivity index (χ0) is 13.9. The Labute approximate surface area is 117 Å². The molecule has 0 fully saturated rings. The van der Waals surface area contributed by atoms with Crippen molar-refractivity contribution in [2.75, 3.05) is 5.73 Å². The molecule has 4 nitrogen and oxygen atoms in total. The summed E-state index contributed by atoms with van der Waals surface area (Å²) in [7, 11) is 0. The summed E-state index contributed by atoms with van der Waals surface area (Å²) in [6.07, 6.45) is 7.54. The van der Waals surface area contributed by atoms with Gasteiger partial charge in [0.2, 0.25) is 0 Å². The van der Waals surface area contributed by atoms with Gasteiger partial charge in [-0.3, -0.25) is 4.98 Å². The maximum atomic E-state index is 5.72. The Morgan fingerprint density at radius 2 is 1.95 bits per heavy atom. The molecule has 2 aromatic heterocycles. The molecule has 0 aliphatic carbocycles. The molecular weight excluding hydrogens is 248 g/mol. The van der Waals surface area contributed by atoms with Crippen molar-refractivity contribution >= 4 is 5.69 Å². The minimum Gasteiger partial charge on any atom is -0.399 e. The van der Waals surface area contributed by atoms with Gasteiger partial charge in [0.15, 0.2) is 0 Å². The number of nitrogens with two attached hydrogens (primary N) is 1. The van der Waals surface area contributed by atoms with E-state index in [1.165, 1.54) is 5.56 Å². The van der Waals surface area contributed by atoms with Crippen LogP contribution in [0.2, 0.25) is 0 Å². The number of hydrogen-bond donors (Lipinski definition) is 1. The molecule has 2 heterocycles. The molecule has 3 rings (SSSR count). The lowest BCUT2D eigenvalue weighted by Gasteiger charge is -2.08. The Morgan fingerprint density at radius 3 is 2.70 bits per heavy atom. The number of nitrogen functional groups attached to an aromatic ring is 1. The molecule has 0 aliphatic heterocycles. The fourth-order valence-corrected chi connectivity index (χ4v) is 2.23. The molecule has 4 heteroatoms. The highest BCUT2D eigenvalue weighted by Gasteiger charge is 2.06. The molecule has 2 N–H and O–H groups in total. The van der Waals surface area contributed by atoms with Gasteiger partial charge in [0.05, 0.1) is 6.54 Å². The number of hydrogen-bond acceptors (Lipinski definition) is 3. The number of aromatic nitrogens is 3. The summed E-state index contributed by atoms with van der Waals surface area (Å²) in [6.45, 7) is 2.81. The van der Waals surface area contributed by atoms with Gasteiger partial charge in [-0.15, -0.1) is 0 Å². The van der Waals surface area contributed by atoms with E-state index in [9.17, 15) is 0 Å². The number of benzene rings is 1. The van der Waals surface area contributed by atoms with Crippen LogP contribution >= 0.6 is 0 Å². The Kier molecular flexibility index (Phi) is 3.21. The topological polar surface area (TPSA) is 56.7 Å². The van der Waals surface area contributed by atoms with E-state index in [1.54, 1.807) is 0 Å². The van der Waals surface area contributed by atoms with Crippen molar-refractivity contribution in [3.8, 4) is 11.4 Å². The lowest BCUT2D eigenvalue weighted by atomic mass is 10.2. The molecule has 0 radical (unpaired) electrons. The summed E-state index contributed by atoms with van der Waals surface area (Å²) in [5.41, 5.74) is 9.87. The molecule has 0 unspecified atom stereocenters. The van der Waals surface area contributed by atoms with Gasteiger partial charge < -0.3 is 10.3 Å². The van der Waals surface area contributed by atoms with Crippen molar-refractivity contribution in [3.05, 3.63) is 66.2 Å². The number of aryl methyl sites for hydroxylation is 1. The molecule has 0 aliphatic rings. The van der Waals surface area contributed by atoms with Crippen molar-refractivity contribution < 1.29 is 0 Å². The average Bonchev–Trinajstić information content (AvgIpc) is 2.88. The average molecular weight is 264 g/mol. The number of anilines is 1. The normalized spacial score (nSPS) is 10.7. The second-order valence-electron chi connectivity index (χ2n) is 4.87. The van der Waals surface area contributed by atoms with Gasteiger partial charge in [-0.05, 0) is 42.3 Å². The molecule has 1 aromatic carbocycles. The van der Waals surface area contributed by atoms with Gasteiger partial charge in [0.25, 0.3) is 0 Å². The van der Waals surface area contributed by atoms with Crippen LogP contribution in [0.15, 0.2) is 55.1 Å². The van der Waals surface area contributed by atoms with Crippen LogP contribution in [0.4, 0.5) is 5.69 Å². The molecular formula is C16H16N4. The first-order valence-electron chi connectivity index (χ1n) is 6.50. The molecule has 0 atom stereocenters. The van der Waals surface area contributed by atoms with Gasteiger partial charge in [0, 0.05) is 36.0 Å². The van der Waals surface area contributed by atoms with Gasteiger partial charge in [-0.2, -0.15) is 0 Å². The van der Waals surface area contributed by atoms with Crippen molar-refractivity contribution in [3.63, 3.8) is 0 Å². The Morgan fingerprint density at radius 1 is 1.15 bits per heavy atom. The highest BCUT2D eigenvalue weighted by atomic mass is 15.1. The molecule has 0 saturated carbocycles. The standard InChI is InChI=1S/C16H16N4/c1-12-8-13(10-18-9-12)11-20-7-6-19-16(20)14-2-4-15(17)5-3-14/h2-10H,11,17H2,1H3. The second kappa shape index (κ2) is 5.17. The summed E-state index contributed by atoms with van der Waals surface area (Å²) < 4.78 is 2.11. The van der Waals surface area contributed by atoms with E-state index in [2.05, 4.69) is 20.6 Å². The van der Waals surface area contributed by atoms with Crippen LogP contribution in [0.5, 0.6) is 0 Å². The Balaban J connectivity index is 1.92. The number of rotatable bonds is 3. The van der Waals surface area contributed by atoms with E-state index in [4.69, 9.17) is 5.73 Å². The molecule has 3 aromatic rings. The van der Waals surface area contributed by atoms with Crippen molar-refractivity contribution in [2.24, 2.45) is 0 Å². The molecule has 20 heavy (non-hydrogen) atoms. The first-order valence-corrected chi connectivity index (χ1v) is 6.50. The van der Waals surface area contributed by atoms with Crippen LogP contribution in [-0.4, -0.2) is 14.5 Å². The summed E-state index contributed by atoms with van der Waals surface area (Å²) in [5, 5.41) is 0. The first-order chi connectivity index (χ1) is 9.72. The highest BCUT2D eigenvalue weighted by Crippen LogP contribution is 2.19. The highest BCUT2D eigenvalue weighted by molar-refractivity contribution is 5.59. The van der Waals surface area contributed by atoms with Crippen molar-refractivity contribution in [2.45, 2.75) is 13.5 Å². The minimum atomic E-state index is 0.758. The van der Waals surface area contributed by atoms with Crippen LogP contribution in [0, 0.1) is 6.92 Å². The summed E-state index contributed by atoms with van der Waals surface area (Å²) in [6, 6.07) is 9.90. The number of imidazole rings is 1. The number of pyridine rings is 1. The first kappa shape index (κ1) is 12.4. The second-order valence-corrected chi connectivity index (χ2v) is 4.87. The largest absolute Gasteiger partial charge is 0.399 e. The Hall–Kier alpha value is -2.62. The van der Waals surface area contributed by atoms with Crippen LogP contribution in [0.1, 0.15) is 11.1 Å². The van der Waals surface area contributed by atoms with E-state index in [1.807, 2.05) is 56.0 Å². The summed E-state index contributed by atoms with van der Waals surface area (Å²) in [5.74, 6) is 0.937. The van der Waals surface area contributed by atoms with Crippen LogP contribution in [0.25, 0.3) is 11.4 Å². The van der Waals surface area contributed by atoms with Gasteiger partial charge >= 0.3 is 0 Å². The van der Waals surface area contributed by atoms with E-state index in [0.29, 0.717) is 0 Å². The monoisotopic (exact) mass is 264 g/mol. The van der Waals surface area contributed by atoms with E-state index >= 15 is 0 Å². The third-order valence-corrected chi connectivity index (χ3v) is 3.17. The maximum absolute atomic E-state index is 5.72. The predicted molar refractivity (Wildman–Crippen MR) is 80.2 cm³/mol. The maximum Gasteiger partial charge on any atom is 0.140 e. The molecule has 0 bridgehead atoms. The van der Waals surface area contributed by atoms with Crippen molar-refractivity contribution in [1.29, 1.82) is 0 Å². The van der Waals surface area contributed by atoms with Crippen LogP contribution < -0.4 is 5.73 Å². The molecule has 0 amide bonds. The molecule has 100 valence electrons. The smallest absolute Gasteiger partial charge is 0.140 e. The SMILES string of the molecule is Cc1cncc(Cn2ccnc2-c2ccc(N)cc2)c1. The van der Waals surface area contributed by atoms with Gasteiger partial charge in [0.1, 0.15) is 5.82 Å². The Bertz CT molecular complexity index is 713. The van der Waals surface area contributed by atoms with Gasteiger partial charge in [-0.1, -0.05) is 6.07 Å². The quantitative estimate of drug-likeness (QED) is 0.740. The molecule has 0 spiro atoms. The zero-order valence-corrected chi connectivity index (χ0v) is 11.3. The van der Waals surface area contributed by atoms with Crippen molar-refractivity contribution in [1.82, 2.24) is 14.5 Å². The lowest BCUT2D eigenvalue weighted by Crippen LogP contribution is -2.02. The lowest BCUT2D eigenvalue weighted by molar-refractivity contribution is 0.801. The fourth-order valence-electron chi connectivity index (χ4n) is 2.23. The summed E-state index contributed by atoms with van der Waals surface area (Å²) >= 11 is 0. The third kappa shape index (κ3) is 2.54. The summed E-state index contributed by atoms with van der Waals surface area (Å²) in [4.78, 5) is 8.66. The van der Waals surface area contributed by atoms with Gasteiger partial charge in [-0.25, -0.2) is 4.98 Å². The van der Waals surface area contributed by atoms with E-state index in [0.717, 1.165) is 29.2 Å². The van der Waals surface area contributed by atoms with Crippen LogP contribution in [0.3, 0.4) is 0 Å². The zero-order valence-electron chi connectivity index (χ0n) is 11.3. The van der Waals surface area contributed by atoms with Crippen LogP contribution in [-0.2, 0) is 6.54 Å².